The molecule has 1 unspecified atom stereocenters. The van der Waals surface area contributed by atoms with E-state index in [1.165, 1.54) is 4.90 Å². The maximum Gasteiger partial charge on any atom is 0.305 e. The number of carbonyl (C=O) groups is 2. The Morgan fingerprint density at radius 2 is 2.00 bits per heavy atom. The van der Waals surface area contributed by atoms with E-state index < -0.39 is 12.1 Å². The Balaban J connectivity index is 3.82. The highest BCUT2D eigenvalue weighted by Gasteiger charge is 2.18. The molecule has 0 aliphatic heterocycles. The molecule has 0 aromatic rings. The second kappa shape index (κ2) is 8.95. The Morgan fingerprint density at radius 3 is 2.53 bits per heavy atom. The minimum atomic E-state index is -0.922. The highest BCUT2D eigenvalue weighted by molar-refractivity contribution is 5.80. The summed E-state index contributed by atoms with van der Waals surface area (Å²) in [5, 5.41) is 8.50. The van der Waals surface area contributed by atoms with Crippen molar-refractivity contribution in [3.63, 3.8) is 0 Å². The van der Waals surface area contributed by atoms with Crippen molar-refractivity contribution in [2.24, 2.45) is 0 Å². The Bertz CT molecular complexity index is 244. The van der Waals surface area contributed by atoms with Gasteiger partial charge in [0, 0.05) is 20.2 Å². The van der Waals surface area contributed by atoms with Gasteiger partial charge in [0.1, 0.15) is 6.10 Å². The number of ether oxygens (including phenoxy) is 2. The number of rotatable bonds is 9. The lowest BCUT2D eigenvalue weighted by molar-refractivity contribution is -0.143. The zero-order chi connectivity index (χ0) is 13.3. The Kier molecular flexibility index (Phi) is 8.35. The lowest BCUT2D eigenvalue weighted by Gasteiger charge is -2.20. The summed E-state index contributed by atoms with van der Waals surface area (Å²) in [7, 11) is 1.56. The van der Waals surface area contributed by atoms with Gasteiger partial charge in [0.25, 0.3) is 5.91 Å². The van der Waals surface area contributed by atoms with Crippen LogP contribution in [-0.4, -0.2) is 61.4 Å². The van der Waals surface area contributed by atoms with Gasteiger partial charge in [0.2, 0.25) is 0 Å². The van der Waals surface area contributed by atoms with Gasteiger partial charge in [-0.15, -0.1) is 0 Å². The molecule has 0 aromatic carbocycles. The molecule has 0 heterocycles. The third-order valence-corrected chi connectivity index (χ3v) is 2.18. The molecule has 100 valence electrons. The van der Waals surface area contributed by atoms with Crippen molar-refractivity contribution in [2.75, 3.05) is 33.4 Å². The molecule has 0 fully saturated rings. The third-order valence-electron chi connectivity index (χ3n) is 2.18. The molecular weight excluding hydrogens is 226 g/mol. The predicted molar refractivity (Wildman–Crippen MR) is 61.8 cm³/mol. The predicted octanol–water partition coefficient (Wildman–Crippen LogP) is 0.361. The first-order valence-corrected chi connectivity index (χ1v) is 5.65. The van der Waals surface area contributed by atoms with E-state index in [0.29, 0.717) is 19.8 Å². The minimum absolute atomic E-state index is 0.0616. The Labute approximate surface area is 101 Å². The van der Waals surface area contributed by atoms with E-state index in [9.17, 15) is 9.59 Å². The van der Waals surface area contributed by atoms with E-state index in [0.717, 1.165) is 0 Å². The van der Waals surface area contributed by atoms with Crippen LogP contribution in [0, 0.1) is 0 Å². The van der Waals surface area contributed by atoms with Crippen molar-refractivity contribution < 1.29 is 24.2 Å². The molecule has 0 saturated carbocycles. The number of likely N-dealkylation sites (N-methyl/N-ethyl adjacent to an activating group) is 1. The van der Waals surface area contributed by atoms with E-state index in [-0.39, 0.29) is 18.9 Å². The highest BCUT2D eigenvalue weighted by Crippen LogP contribution is 1.98. The Morgan fingerprint density at radius 1 is 1.35 bits per heavy atom. The van der Waals surface area contributed by atoms with Crippen molar-refractivity contribution in [2.45, 2.75) is 26.4 Å². The first-order valence-electron chi connectivity index (χ1n) is 5.65. The van der Waals surface area contributed by atoms with Crippen LogP contribution in [0.15, 0.2) is 0 Å². The van der Waals surface area contributed by atoms with Gasteiger partial charge in [-0.05, 0) is 13.8 Å². The fourth-order valence-electron chi connectivity index (χ4n) is 1.18. The molecule has 0 aromatic heterocycles. The number of carbonyl (C=O) groups excluding carboxylic acids is 1. The van der Waals surface area contributed by atoms with Gasteiger partial charge < -0.3 is 19.5 Å². The molecule has 17 heavy (non-hydrogen) atoms. The molecule has 1 atom stereocenters. The minimum Gasteiger partial charge on any atom is -0.481 e. The summed E-state index contributed by atoms with van der Waals surface area (Å²) in [5.74, 6) is -1.14. The first kappa shape index (κ1) is 15.9. The van der Waals surface area contributed by atoms with Crippen molar-refractivity contribution in [3.05, 3.63) is 0 Å². The molecule has 0 saturated heterocycles. The molecule has 0 rings (SSSR count). The smallest absolute Gasteiger partial charge is 0.305 e. The molecule has 6 nitrogen and oxygen atoms in total. The summed E-state index contributed by atoms with van der Waals surface area (Å²) in [6, 6.07) is 0. The van der Waals surface area contributed by atoms with E-state index in [1.807, 2.05) is 6.92 Å². The number of hydrogen-bond donors (Lipinski definition) is 1. The normalized spacial score (nSPS) is 12.2. The second-order valence-electron chi connectivity index (χ2n) is 3.61. The number of hydrogen-bond acceptors (Lipinski definition) is 4. The summed E-state index contributed by atoms with van der Waals surface area (Å²) < 4.78 is 10.3. The number of aliphatic carboxylic acids is 1. The van der Waals surface area contributed by atoms with E-state index in [2.05, 4.69) is 0 Å². The molecule has 0 aliphatic carbocycles. The van der Waals surface area contributed by atoms with Crippen LogP contribution in [0.1, 0.15) is 20.3 Å². The van der Waals surface area contributed by atoms with Crippen molar-refractivity contribution >= 4 is 11.9 Å². The molecule has 0 radical (unpaired) electrons. The average Bonchev–Trinajstić information content (AvgIpc) is 2.30. The van der Waals surface area contributed by atoms with Crippen molar-refractivity contribution in [1.82, 2.24) is 4.90 Å². The van der Waals surface area contributed by atoms with Crippen LogP contribution in [0.3, 0.4) is 0 Å². The average molecular weight is 247 g/mol. The van der Waals surface area contributed by atoms with Crippen LogP contribution < -0.4 is 0 Å². The largest absolute Gasteiger partial charge is 0.481 e. The number of carboxylic acids is 1. The molecule has 6 heteroatoms. The van der Waals surface area contributed by atoms with Gasteiger partial charge in [0.15, 0.2) is 0 Å². The fourth-order valence-corrected chi connectivity index (χ4v) is 1.18. The zero-order valence-electron chi connectivity index (χ0n) is 10.6. The molecule has 0 bridgehead atoms. The molecule has 1 amide bonds. The standard InChI is InChI=1S/C11H21NO5/c1-4-16-7-8-17-9(2)11(15)12(3)6-5-10(13)14/h9H,4-8H2,1-3H3,(H,13,14). The summed E-state index contributed by atoms with van der Waals surface area (Å²) in [6.45, 7) is 5.14. The molecule has 0 aliphatic rings. The Hall–Kier alpha value is -1.14. The van der Waals surface area contributed by atoms with Crippen LogP contribution >= 0.6 is 0 Å². The first-order chi connectivity index (χ1) is 7.99. The van der Waals surface area contributed by atoms with Crippen LogP contribution in [0.25, 0.3) is 0 Å². The van der Waals surface area contributed by atoms with Gasteiger partial charge in [-0.2, -0.15) is 0 Å². The van der Waals surface area contributed by atoms with Gasteiger partial charge in [0.05, 0.1) is 19.6 Å². The SMILES string of the molecule is CCOCCOC(C)C(=O)N(C)CCC(=O)O. The van der Waals surface area contributed by atoms with Gasteiger partial charge >= 0.3 is 5.97 Å². The van der Waals surface area contributed by atoms with Gasteiger partial charge in [-0.25, -0.2) is 0 Å². The second-order valence-corrected chi connectivity index (χ2v) is 3.61. The fraction of sp³-hybridized carbons (Fsp3) is 0.818. The topological polar surface area (TPSA) is 76.1 Å². The molecular formula is C11H21NO5. The third kappa shape index (κ3) is 7.70. The maximum absolute atomic E-state index is 11.7. The van der Waals surface area contributed by atoms with Gasteiger partial charge in [-0.1, -0.05) is 0 Å². The zero-order valence-corrected chi connectivity index (χ0v) is 10.6. The lowest BCUT2D eigenvalue weighted by atomic mass is 10.3. The quantitative estimate of drug-likeness (QED) is 0.595. The van der Waals surface area contributed by atoms with Crippen LogP contribution in [0.4, 0.5) is 0 Å². The summed E-state index contributed by atoms with van der Waals surface area (Å²) in [5.41, 5.74) is 0. The number of amides is 1. The number of carboxylic acid groups (broad SMARTS) is 1. The summed E-state index contributed by atoms with van der Waals surface area (Å²) in [6.07, 6.45) is -0.636. The van der Waals surface area contributed by atoms with E-state index >= 15 is 0 Å². The molecule has 1 N–H and O–H groups in total. The number of nitrogens with zero attached hydrogens (tertiary/aromatic N) is 1. The molecule has 0 spiro atoms. The van der Waals surface area contributed by atoms with Crippen molar-refractivity contribution in [1.29, 1.82) is 0 Å². The maximum atomic E-state index is 11.7. The van der Waals surface area contributed by atoms with Crippen LogP contribution in [0.2, 0.25) is 0 Å². The van der Waals surface area contributed by atoms with Crippen molar-refractivity contribution in [3.8, 4) is 0 Å². The monoisotopic (exact) mass is 247 g/mol. The van der Waals surface area contributed by atoms with Crippen LogP contribution in [0.5, 0.6) is 0 Å². The summed E-state index contributed by atoms with van der Waals surface area (Å²) in [4.78, 5) is 23.4. The van der Waals surface area contributed by atoms with Gasteiger partial charge in [-0.3, -0.25) is 9.59 Å². The highest BCUT2D eigenvalue weighted by atomic mass is 16.5. The summed E-state index contributed by atoms with van der Waals surface area (Å²) >= 11 is 0. The van der Waals surface area contributed by atoms with E-state index in [1.54, 1.807) is 14.0 Å². The van der Waals surface area contributed by atoms with E-state index in [4.69, 9.17) is 14.6 Å². The van der Waals surface area contributed by atoms with Crippen LogP contribution in [-0.2, 0) is 19.1 Å². The lowest BCUT2D eigenvalue weighted by Crippen LogP contribution is -2.38.